The van der Waals surface area contributed by atoms with Crippen LogP contribution in [0.5, 0.6) is 17.2 Å². The van der Waals surface area contributed by atoms with Crippen LogP contribution in [0, 0.1) is 0 Å². The van der Waals surface area contributed by atoms with E-state index in [0.29, 0.717) is 35.8 Å². The van der Waals surface area contributed by atoms with Gasteiger partial charge >= 0.3 is 6.18 Å². The second-order valence-corrected chi connectivity index (χ2v) is 15.8. The molecule has 0 saturated heterocycles. The van der Waals surface area contributed by atoms with Gasteiger partial charge in [0.05, 0.1) is 24.8 Å². The van der Waals surface area contributed by atoms with Crippen LogP contribution in [0.4, 0.5) is 13.2 Å². The Morgan fingerprint density at radius 1 is 0.679 bits per heavy atom. The SMILES string of the molecule is CCCCOc1ccc(C(C)(C)C)cc1C(O)(c1cc(C(C)(C)C)ccc1OCCCC)C(Cc1ccccc1)N=Cc1cc(C(F)(F)F)ccc1O. The van der Waals surface area contributed by atoms with Crippen molar-refractivity contribution in [2.24, 2.45) is 4.99 Å². The van der Waals surface area contributed by atoms with E-state index >= 15 is 0 Å². The first-order chi connectivity index (χ1) is 24.9. The van der Waals surface area contributed by atoms with E-state index in [2.05, 4.69) is 55.4 Å². The number of alkyl halides is 3. The highest BCUT2D eigenvalue weighted by molar-refractivity contribution is 5.84. The van der Waals surface area contributed by atoms with Crippen molar-refractivity contribution < 1.29 is 32.9 Å². The van der Waals surface area contributed by atoms with Crippen LogP contribution in [-0.4, -0.2) is 35.7 Å². The summed E-state index contributed by atoms with van der Waals surface area (Å²) in [7, 11) is 0. The molecule has 0 bridgehead atoms. The van der Waals surface area contributed by atoms with E-state index in [1.807, 2.05) is 66.7 Å². The number of ether oxygens (including phenoxy) is 2. The van der Waals surface area contributed by atoms with Gasteiger partial charge < -0.3 is 19.7 Å². The lowest BCUT2D eigenvalue weighted by Gasteiger charge is -2.39. The minimum atomic E-state index is -4.63. The van der Waals surface area contributed by atoms with E-state index in [1.165, 1.54) is 6.21 Å². The van der Waals surface area contributed by atoms with Crippen LogP contribution in [0.2, 0.25) is 0 Å². The molecule has 1 atom stereocenters. The van der Waals surface area contributed by atoms with Crippen LogP contribution in [0.25, 0.3) is 0 Å². The number of hydrogen-bond acceptors (Lipinski definition) is 5. The van der Waals surface area contributed by atoms with Gasteiger partial charge in [0.2, 0.25) is 0 Å². The van der Waals surface area contributed by atoms with Gasteiger partial charge in [0, 0.05) is 22.9 Å². The lowest BCUT2D eigenvalue weighted by atomic mass is 9.73. The molecule has 0 heterocycles. The lowest BCUT2D eigenvalue weighted by Crippen LogP contribution is -2.42. The zero-order valence-corrected chi connectivity index (χ0v) is 32.5. The number of aliphatic hydroxyl groups is 1. The summed E-state index contributed by atoms with van der Waals surface area (Å²) in [6.07, 6.45) is 0.203. The number of unbranched alkanes of at least 4 members (excludes halogenated alkanes) is 2. The molecule has 0 fully saturated rings. The van der Waals surface area contributed by atoms with Crippen LogP contribution >= 0.6 is 0 Å². The normalized spacial score (nSPS) is 13.4. The molecular weight excluding hydrogens is 675 g/mol. The summed E-state index contributed by atoms with van der Waals surface area (Å²) < 4.78 is 54.4. The second-order valence-electron chi connectivity index (χ2n) is 15.8. The number of hydrogen-bond donors (Lipinski definition) is 2. The van der Waals surface area contributed by atoms with Gasteiger partial charge in [-0.3, -0.25) is 4.99 Å². The summed E-state index contributed by atoms with van der Waals surface area (Å²) in [4.78, 5) is 4.94. The molecule has 5 nitrogen and oxygen atoms in total. The van der Waals surface area contributed by atoms with Gasteiger partial charge in [-0.05, 0) is 89.2 Å². The number of aromatic hydroxyl groups is 1. The molecule has 286 valence electrons. The molecule has 4 aromatic rings. The molecule has 0 saturated carbocycles. The van der Waals surface area contributed by atoms with Crippen molar-refractivity contribution in [1.29, 1.82) is 0 Å². The van der Waals surface area contributed by atoms with E-state index in [0.717, 1.165) is 60.6 Å². The molecule has 0 aliphatic heterocycles. The van der Waals surface area contributed by atoms with Gasteiger partial charge in [0.15, 0.2) is 0 Å². The highest BCUT2D eigenvalue weighted by atomic mass is 19.4. The number of nitrogens with zero attached hydrogens (tertiary/aromatic N) is 1. The van der Waals surface area contributed by atoms with Crippen molar-refractivity contribution >= 4 is 6.21 Å². The molecule has 0 amide bonds. The Hall–Kier alpha value is -4.30. The number of rotatable bonds is 15. The fourth-order valence-corrected chi connectivity index (χ4v) is 6.15. The van der Waals surface area contributed by atoms with Crippen molar-refractivity contribution in [3.63, 3.8) is 0 Å². The molecule has 0 aliphatic rings. The Kier molecular flexibility index (Phi) is 13.5. The summed E-state index contributed by atoms with van der Waals surface area (Å²) in [6.45, 7) is 17.6. The summed E-state index contributed by atoms with van der Waals surface area (Å²) >= 11 is 0. The smallest absolute Gasteiger partial charge is 0.416 e. The first-order valence-corrected chi connectivity index (χ1v) is 18.6. The average Bonchev–Trinajstić information content (AvgIpc) is 3.09. The van der Waals surface area contributed by atoms with Crippen LogP contribution < -0.4 is 9.47 Å². The Bertz CT molecular complexity index is 1750. The van der Waals surface area contributed by atoms with Crippen molar-refractivity contribution in [3.8, 4) is 17.2 Å². The Morgan fingerprint density at radius 2 is 1.17 bits per heavy atom. The van der Waals surface area contributed by atoms with E-state index in [-0.39, 0.29) is 28.6 Å². The maximum absolute atomic E-state index is 13.9. The molecule has 4 rings (SSSR count). The highest BCUT2D eigenvalue weighted by Gasteiger charge is 2.46. The maximum atomic E-state index is 13.9. The third kappa shape index (κ3) is 10.4. The molecule has 0 aromatic heterocycles. The summed E-state index contributed by atoms with van der Waals surface area (Å²) in [5, 5.41) is 24.7. The maximum Gasteiger partial charge on any atom is 0.416 e. The molecule has 1 unspecified atom stereocenters. The predicted molar refractivity (Wildman–Crippen MR) is 209 cm³/mol. The molecule has 53 heavy (non-hydrogen) atoms. The average molecular weight is 732 g/mol. The topological polar surface area (TPSA) is 71.3 Å². The number of halogens is 3. The fourth-order valence-electron chi connectivity index (χ4n) is 6.15. The van der Waals surface area contributed by atoms with Gasteiger partial charge in [0.1, 0.15) is 22.8 Å². The standard InChI is InChI=1S/C45H56F3NO4/c1-9-11-24-52-39-22-19-33(42(3,4)5)28-36(39)44(51,37-29-34(43(6,7)8)20-23-40(37)53-25-12-10-2)41(26-31-16-14-13-15-17-31)49-30-32-27-35(45(46,47)48)18-21-38(32)50/h13-23,27-30,41,50-51H,9-12,24-26H2,1-8H3. The molecule has 8 heteroatoms. The van der Waals surface area contributed by atoms with Gasteiger partial charge in [-0.15, -0.1) is 0 Å². The van der Waals surface area contributed by atoms with Crippen LogP contribution in [0.1, 0.15) is 120 Å². The summed E-state index contributed by atoms with van der Waals surface area (Å²) in [6, 6.07) is 23.0. The van der Waals surface area contributed by atoms with E-state index in [1.54, 1.807) is 0 Å². The van der Waals surface area contributed by atoms with E-state index < -0.39 is 23.4 Å². The van der Waals surface area contributed by atoms with Gasteiger partial charge in [-0.2, -0.15) is 13.2 Å². The first kappa shape index (κ1) is 41.5. The molecule has 4 aromatic carbocycles. The zero-order chi connectivity index (χ0) is 39.0. The van der Waals surface area contributed by atoms with Gasteiger partial charge in [-0.25, -0.2) is 0 Å². The highest BCUT2D eigenvalue weighted by Crippen LogP contribution is 2.47. The quantitative estimate of drug-likeness (QED) is 0.0943. The summed E-state index contributed by atoms with van der Waals surface area (Å²) in [5.74, 6) is 0.593. The van der Waals surface area contributed by atoms with E-state index in [4.69, 9.17) is 14.5 Å². The number of phenolic OH excluding ortho intramolecular Hbond substituents is 1. The monoisotopic (exact) mass is 731 g/mol. The van der Waals surface area contributed by atoms with Gasteiger partial charge in [-0.1, -0.05) is 111 Å². The molecule has 0 radical (unpaired) electrons. The van der Waals surface area contributed by atoms with Crippen LogP contribution in [0.3, 0.4) is 0 Å². The largest absolute Gasteiger partial charge is 0.507 e. The van der Waals surface area contributed by atoms with Crippen molar-refractivity contribution in [3.05, 3.63) is 124 Å². The molecule has 2 N–H and O–H groups in total. The van der Waals surface area contributed by atoms with Gasteiger partial charge in [0.25, 0.3) is 0 Å². The third-order valence-electron chi connectivity index (χ3n) is 9.53. The molecular formula is C45H56F3NO4. The Morgan fingerprint density at radius 3 is 1.62 bits per heavy atom. The number of aliphatic imine (C=N–C) groups is 1. The summed E-state index contributed by atoms with van der Waals surface area (Å²) in [5.41, 5.74) is 0.0845. The Balaban J connectivity index is 2.15. The minimum Gasteiger partial charge on any atom is -0.507 e. The first-order valence-electron chi connectivity index (χ1n) is 18.6. The third-order valence-corrected chi connectivity index (χ3v) is 9.53. The van der Waals surface area contributed by atoms with E-state index in [9.17, 15) is 23.4 Å². The molecule has 0 spiro atoms. The van der Waals surface area contributed by atoms with Crippen molar-refractivity contribution in [2.75, 3.05) is 13.2 Å². The number of phenols is 1. The van der Waals surface area contributed by atoms with Crippen LogP contribution in [0.15, 0.2) is 89.9 Å². The number of benzene rings is 4. The van der Waals surface area contributed by atoms with Crippen molar-refractivity contribution in [2.45, 2.75) is 116 Å². The Labute approximate surface area is 313 Å². The molecule has 0 aliphatic carbocycles. The zero-order valence-electron chi connectivity index (χ0n) is 32.5. The minimum absolute atomic E-state index is 0.119. The van der Waals surface area contributed by atoms with Crippen LogP contribution in [-0.2, 0) is 29.0 Å². The lowest BCUT2D eigenvalue weighted by molar-refractivity contribution is -0.137. The van der Waals surface area contributed by atoms with Crippen molar-refractivity contribution in [1.82, 2.24) is 0 Å². The second kappa shape index (κ2) is 17.2. The fraction of sp³-hybridized carbons (Fsp3) is 0.444. The predicted octanol–water partition coefficient (Wildman–Crippen LogP) is 11.3.